The van der Waals surface area contributed by atoms with E-state index in [-0.39, 0.29) is 29.1 Å². The number of hydrogen-bond donors (Lipinski definition) is 0. The number of halogens is 1. The Bertz CT molecular complexity index is 814. The highest BCUT2D eigenvalue weighted by Gasteiger charge is 2.21. The second-order valence-electron chi connectivity index (χ2n) is 6.49. The molecule has 0 aromatic carbocycles. The summed E-state index contributed by atoms with van der Waals surface area (Å²) in [5.74, 6) is -0.872. The zero-order valence-corrected chi connectivity index (χ0v) is 16.2. The van der Waals surface area contributed by atoms with Crippen LogP contribution in [-0.4, -0.2) is 27.9 Å². The van der Waals surface area contributed by atoms with Gasteiger partial charge in [-0.25, -0.2) is 9.78 Å². The quantitative estimate of drug-likeness (QED) is 0.449. The first kappa shape index (κ1) is 19.2. The molecule has 0 bridgehead atoms. The van der Waals surface area contributed by atoms with E-state index < -0.39 is 5.97 Å². The van der Waals surface area contributed by atoms with Gasteiger partial charge in [-0.1, -0.05) is 11.6 Å². The van der Waals surface area contributed by atoms with Crippen molar-refractivity contribution in [1.82, 2.24) is 9.55 Å². The molecule has 0 atom stereocenters. The van der Waals surface area contributed by atoms with Crippen LogP contribution < -0.4 is 0 Å². The zero-order valence-electron chi connectivity index (χ0n) is 15.4. The number of carbonyl (C=O) groups is 2. The van der Waals surface area contributed by atoms with Gasteiger partial charge in [-0.15, -0.1) is 0 Å². The summed E-state index contributed by atoms with van der Waals surface area (Å²) < 4.78 is 7.27. The smallest absolute Gasteiger partial charge is 0.342 e. The van der Waals surface area contributed by atoms with Gasteiger partial charge in [-0.05, 0) is 59.2 Å². The summed E-state index contributed by atoms with van der Waals surface area (Å²) in [7, 11) is 0. The highest BCUT2D eigenvalue weighted by Crippen LogP contribution is 2.22. The monoisotopic (exact) mass is 362 g/mol. The number of pyridine rings is 1. The van der Waals surface area contributed by atoms with Crippen LogP contribution in [-0.2, 0) is 4.74 Å². The van der Waals surface area contributed by atoms with Gasteiger partial charge in [-0.3, -0.25) is 4.79 Å². The molecule has 0 radical (unpaired) electrons. The molecule has 0 saturated carbocycles. The van der Waals surface area contributed by atoms with Gasteiger partial charge in [0, 0.05) is 28.7 Å². The average Bonchev–Trinajstić information content (AvgIpc) is 2.78. The van der Waals surface area contributed by atoms with Crippen LogP contribution in [0.4, 0.5) is 0 Å². The van der Waals surface area contributed by atoms with Gasteiger partial charge in [0.15, 0.2) is 6.61 Å². The summed E-state index contributed by atoms with van der Waals surface area (Å²) in [5.41, 5.74) is 4.05. The number of ketones is 1. The van der Waals surface area contributed by atoms with Crippen LogP contribution in [0.25, 0.3) is 0 Å². The minimum atomic E-state index is -0.638. The van der Waals surface area contributed by atoms with Crippen LogP contribution in [0.5, 0.6) is 0 Å². The third kappa shape index (κ3) is 3.93. The third-order valence-corrected chi connectivity index (χ3v) is 4.41. The standard InChI is InChI=1S/C19H23ClN2O3/c1-10(2)22-13(5)8-15(14(22)6)16(23)9-25-19(24)17-11(3)7-12(4)21-18(17)20/h7-8,10H,9H2,1-6H3. The van der Waals surface area contributed by atoms with Crippen LogP contribution in [0.1, 0.15) is 63.3 Å². The van der Waals surface area contributed by atoms with Gasteiger partial charge in [0.25, 0.3) is 0 Å². The van der Waals surface area contributed by atoms with Crippen molar-refractivity contribution in [3.8, 4) is 0 Å². The number of ether oxygens (including phenoxy) is 1. The fraction of sp³-hybridized carbons (Fsp3) is 0.421. The van der Waals surface area contributed by atoms with Crippen LogP contribution in [0.3, 0.4) is 0 Å². The molecule has 0 unspecified atom stereocenters. The third-order valence-electron chi connectivity index (χ3n) is 4.14. The second-order valence-corrected chi connectivity index (χ2v) is 6.85. The van der Waals surface area contributed by atoms with Crippen molar-refractivity contribution in [2.45, 2.75) is 47.6 Å². The first-order valence-electron chi connectivity index (χ1n) is 8.16. The number of aryl methyl sites for hydroxylation is 3. The maximum Gasteiger partial charge on any atom is 0.342 e. The summed E-state index contributed by atoms with van der Waals surface area (Å²) in [4.78, 5) is 28.8. The molecular formula is C19H23ClN2O3. The molecule has 0 aliphatic rings. The fourth-order valence-corrected chi connectivity index (χ4v) is 3.53. The Morgan fingerprint density at radius 1 is 1.20 bits per heavy atom. The Hall–Kier alpha value is -2.14. The molecule has 0 N–H and O–H groups in total. The topological polar surface area (TPSA) is 61.2 Å². The van der Waals surface area contributed by atoms with Crippen molar-refractivity contribution < 1.29 is 14.3 Å². The van der Waals surface area contributed by atoms with E-state index in [1.165, 1.54) is 0 Å². The SMILES string of the molecule is Cc1cc(C)c(C(=O)OCC(=O)c2cc(C)n(C(C)C)c2C)c(Cl)n1. The Kier molecular flexibility index (Phi) is 5.68. The summed E-state index contributed by atoms with van der Waals surface area (Å²) in [6.45, 7) is 11.2. The molecule has 0 fully saturated rings. The predicted octanol–water partition coefficient (Wildman–Crippen LogP) is 4.39. The maximum absolute atomic E-state index is 12.5. The van der Waals surface area contributed by atoms with Crippen molar-refractivity contribution in [2.75, 3.05) is 6.61 Å². The predicted molar refractivity (Wildman–Crippen MR) is 97.6 cm³/mol. The Morgan fingerprint density at radius 2 is 1.84 bits per heavy atom. The zero-order chi connectivity index (χ0) is 18.9. The maximum atomic E-state index is 12.5. The summed E-state index contributed by atoms with van der Waals surface area (Å²) in [6.07, 6.45) is 0. The molecule has 0 saturated heterocycles. The Labute approximate surface area is 153 Å². The van der Waals surface area contributed by atoms with E-state index in [4.69, 9.17) is 16.3 Å². The molecule has 0 spiro atoms. The van der Waals surface area contributed by atoms with Crippen LogP contribution >= 0.6 is 11.6 Å². The van der Waals surface area contributed by atoms with Crippen LogP contribution in [0, 0.1) is 27.7 Å². The molecule has 6 heteroatoms. The summed E-state index contributed by atoms with van der Waals surface area (Å²) in [6, 6.07) is 3.83. The number of hydrogen-bond acceptors (Lipinski definition) is 4. The van der Waals surface area contributed by atoms with E-state index in [9.17, 15) is 9.59 Å². The minimum Gasteiger partial charge on any atom is -0.454 e. The van der Waals surface area contributed by atoms with Crippen molar-refractivity contribution in [3.63, 3.8) is 0 Å². The highest BCUT2D eigenvalue weighted by molar-refractivity contribution is 6.32. The summed E-state index contributed by atoms with van der Waals surface area (Å²) >= 11 is 6.05. The van der Waals surface area contributed by atoms with Gasteiger partial charge in [0.1, 0.15) is 5.15 Å². The van der Waals surface area contributed by atoms with Gasteiger partial charge >= 0.3 is 5.97 Å². The lowest BCUT2D eigenvalue weighted by molar-refractivity contribution is 0.0473. The first-order valence-corrected chi connectivity index (χ1v) is 8.53. The number of rotatable bonds is 5. The molecule has 0 amide bonds. The lowest BCUT2D eigenvalue weighted by Gasteiger charge is -2.13. The molecule has 2 heterocycles. The largest absolute Gasteiger partial charge is 0.454 e. The van der Waals surface area contributed by atoms with Crippen molar-refractivity contribution in [2.24, 2.45) is 0 Å². The van der Waals surface area contributed by atoms with Gasteiger partial charge in [-0.2, -0.15) is 0 Å². The molecule has 5 nitrogen and oxygen atoms in total. The minimum absolute atomic E-state index is 0.0907. The Morgan fingerprint density at radius 3 is 2.36 bits per heavy atom. The average molecular weight is 363 g/mol. The second kappa shape index (κ2) is 7.40. The van der Waals surface area contributed by atoms with Crippen molar-refractivity contribution in [3.05, 3.63) is 51.1 Å². The first-order chi connectivity index (χ1) is 11.6. The molecule has 2 aromatic rings. The molecule has 2 aromatic heterocycles. The fourth-order valence-electron chi connectivity index (χ4n) is 3.17. The van der Waals surface area contributed by atoms with E-state index in [0.717, 1.165) is 17.1 Å². The van der Waals surface area contributed by atoms with Crippen molar-refractivity contribution in [1.29, 1.82) is 0 Å². The van der Waals surface area contributed by atoms with E-state index in [0.29, 0.717) is 11.1 Å². The normalized spacial score (nSPS) is 11.0. The number of nitrogens with zero attached hydrogens (tertiary/aromatic N) is 2. The van der Waals surface area contributed by atoms with E-state index in [1.54, 1.807) is 19.9 Å². The van der Waals surface area contributed by atoms with Gasteiger partial charge < -0.3 is 9.30 Å². The summed E-state index contributed by atoms with van der Waals surface area (Å²) in [5, 5.41) is 0.0907. The highest BCUT2D eigenvalue weighted by atomic mass is 35.5. The number of carbonyl (C=O) groups excluding carboxylic acids is 2. The molecule has 134 valence electrons. The van der Waals surface area contributed by atoms with Gasteiger partial charge in [0.2, 0.25) is 5.78 Å². The molecule has 0 aliphatic carbocycles. The van der Waals surface area contributed by atoms with E-state index >= 15 is 0 Å². The van der Waals surface area contributed by atoms with E-state index in [1.807, 2.05) is 19.9 Å². The molecule has 25 heavy (non-hydrogen) atoms. The lowest BCUT2D eigenvalue weighted by Crippen LogP contribution is -2.17. The number of Topliss-reactive ketones (excluding diaryl/α,β-unsaturated/α-hetero) is 1. The Balaban J connectivity index is 2.16. The van der Waals surface area contributed by atoms with E-state index in [2.05, 4.69) is 23.4 Å². The van der Waals surface area contributed by atoms with Crippen molar-refractivity contribution >= 4 is 23.4 Å². The van der Waals surface area contributed by atoms with Crippen LogP contribution in [0.15, 0.2) is 12.1 Å². The molecule has 2 rings (SSSR count). The molecular weight excluding hydrogens is 340 g/mol. The number of esters is 1. The lowest BCUT2D eigenvalue weighted by atomic mass is 10.1. The van der Waals surface area contributed by atoms with Crippen LogP contribution in [0.2, 0.25) is 5.15 Å². The number of aromatic nitrogens is 2. The molecule has 0 aliphatic heterocycles. The van der Waals surface area contributed by atoms with Gasteiger partial charge in [0.05, 0.1) is 5.56 Å².